The topological polar surface area (TPSA) is 42.4 Å². The molecule has 1 aliphatic heterocycles. The smallest absolute Gasteiger partial charge is 0.253 e. The first-order chi connectivity index (χ1) is 11.1. The zero-order valence-corrected chi connectivity index (χ0v) is 14.8. The molecule has 0 bridgehead atoms. The summed E-state index contributed by atoms with van der Waals surface area (Å²) in [5.74, 6) is 0.646. The molecule has 1 aromatic heterocycles. The van der Waals surface area contributed by atoms with E-state index in [0.29, 0.717) is 29.6 Å². The lowest BCUT2D eigenvalue weighted by atomic mass is 10.1. The molecule has 0 aliphatic carbocycles. The zero-order valence-electron chi connectivity index (χ0n) is 12.4. The summed E-state index contributed by atoms with van der Waals surface area (Å²) in [5, 5.41) is 0.590. The second kappa shape index (κ2) is 7.32. The average molecular weight is 396 g/mol. The van der Waals surface area contributed by atoms with E-state index in [1.807, 2.05) is 29.2 Å². The van der Waals surface area contributed by atoms with Gasteiger partial charge in [0.2, 0.25) is 5.88 Å². The molecule has 23 heavy (non-hydrogen) atoms. The number of rotatable bonds is 3. The molecule has 0 spiro atoms. The van der Waals surface area contributed by atoms with E-state index in [1.165, 1.54) is 0 Å². The summed E-state index contributed by atoms with van der Waals surface area (Å²) < 4.78 is 6.81. The van der Waals surface area contributed by atoms with Crippen LogP contribution in [0.4, 0.5) is 0 Å². The van der Waals surface area contributed by atoms with Gasteiger partial charge < -0.3 is 9.64 Å². The number of halogens is 2. The highest BCUT2D eigenvalue weighted by Crippen LogP contribution is 2.20. The van der Waals surface area contributed by atoms with Crippen molar-refractivity contribution in [1.82, 2.24) is 9.88 Å². The number of hydrogen-bond acceptors (Lipinski definition) is 3. The summed E-state index contributed by atoms with van der Waals surface area (Å²) in [4.78, 5) is 18.5. The predicted molar refractivity (Wildman–Crippen MR) is 92.9 cm³/mol. The van der Waals surface area contributed by atoms with Gasteiger partial charge in [-0.25, -0.2) is 4.98 Å². The van der Waals surface area contributed by atoms with Crippen LogP contribution in [-0.4, -0.2) is 35.0 Å². The van der Waals surface area contributed by atoms with Gasteiger partial charge in [-0.15, -0.1) is 0 Å². The van der Waals surface area contributed by atoms with E-state index in [1.54, 1.807) is 18.3 Å². The van der Waals surface area contributed by atoms with Crippen molar-refractivity contribution in [2.45, 2.75) is 18.9 Å². The summed E-state index contributed by atoms with van der Waals surface area (Å²) in [7, 11) is 0. The molecular formula is C17H16BrClN2O2. The van der Waals surface area contributed by atoms with Crippen LogP contribution in [0.1, 0.15) is 23.2 Å². The van der Waals surface area contributed by atoms with E-state index in [2.05, 4.69) is 20.9 Å². The summed E-state index contributed by atoms with van der Waals surface area (Å²) in [6.07, 6.45) is 3.25. The second-order valence-electron chi connectivity index (χ2n) is 5.43. The number of hydrogen-bond donors (Lipinski definition) is 0. The van der Waals surface area contributed by atoms with Crippen LogP contribution in [-0.2, 0) is 0 Å². The van der Waals surface area contributed by atoms with Crippen LogP contribution in [0.2, 0.25) is 5.02 Å². The fourth-order valence-corrected chi connectivity index (χ4v) is 2.93. The molecule has 0 atom stereocenters. The molecule has 2 aromatic rings. The molecule has 4 nitrogen and oxygen atoms in total. The van der Waals surface area contributed by atoms with E-state index < -0.39 is 0 Å². The van der Waals surface area contributed by atoms with Crippen LogP contribution in [0.25, 0.3) is 0 Å². The third-order valence-corrected chi connectivity index (χ3v) is 4.56. The van der Waals surface area contributed by atoms with Crippen LogP contribution >= 0.6 is 27.5 Å². The van der Waals surface area contributed by atoms with Gasteiger partial charge in [-0.3, -0.25) is 4.79 Å². The molecular weight excluding hydrogens is 380 g/mol. The van der Waals surface area contributed by atoms with Crippen molar-refractivity contribution in [3.63, 3.8) is 0 Å². The highest BCUT2D eigenvalue weighted by atomic mass is 79.9. The number of aromatic nitrogens is 1. The Hall–Kier alpha value is -1.59. The number of likely N-dealkylation sites (tertiary alicyclic amines) is 1. The molecule has 0 radical (unpaired) electrons. The maximum absolute atomic E-state index is 12.5. The number of benzene rings is 1. The zero-order chi connectivity index (χ0) is 16.2. The Bertz CT molecular complexity index is 668. The minimum atomic E-state index is 0.0700. The molecule has 2 heterocycles. The first-order valence-electron chi connectivity index (χ1n) is 7.45. The first kappa shape index (κ1) is 16.3. The normalized spacial score (nSPS) is 15.5. The monoisotopic (exact) mass is 394 g/mol. The van der Waals surface area contributed by atoms with E-state index in [9.17, 15) is 4.79 Å². The molecule has 1 aromatic carbocycles. The van der Waals surface area contributed by atoms with Gasteiger partial charge in [0.1, 0.15) is 6.10 Å². The molecule has 1 aliphatic rings. The Labute approximate surface area is 148 Å². The van der Waals surface area contributed by atoms with Gasteiger partial charge in [-0.05, 0) is 30.3 Å². The maximum atomic E-state index is 12.5. The predicted octanol–water partition coefficient (Wildman–Crippen LogP) is 4.18. The highest BCUT2D eigenvalue weighted by Gasteiger charge is 2.24. The number of amides is 1. The Balaban J connectivity index is 1.54. The fourth-order valence-electron chi connectivity index (χ4n) is 2.55. The summed E-state index contributed by atoms with van der Waals surface area (Å²) in [6, 6.07) is 11.0. The van der Waals surface area contributed by atoms with E-state index >= 15 is 0 Å². The van der Waals surface area contributed by atoms with Crippen LogP contribution in [0.15, 0.2) is 47.1 Å². The van der Waals surface area contributed by atoms with Crippen LogP contribution in [0, 0.1) is 0 Å². The largest absolute Gasteiger partial charge is 0.474 e. The highest BCUT2D eigenvalue weighted by molar-refractivity contribution is 9.10. The van der Waals surface area contributed by atoms with Crippen molar-refractivity contribution < 1.29 is 9.53 Å². The van der Waals surface area contributed by atoms with Gasteiger partial charge in [0.15, 0.2) is 0 Å². The summed E-state index contributed by atoms with van der Waals surface area (Å²) in [6.45, 7) is 1.38. The lowest BCUT2D eigenvalue weighted by Gasteiger charge is -2.32. The van der Waals surface area contributed by atoms with Crippen molar-refractivity contribution >= 4 is 33.4 Å². The van der Waals surface area contributed by atoms with E-state index in [4.69, 9.17) is 16.3 Å². The quantitative estimate of drug-likeness (QED) is 0.783. The van der Waals surface area contributed by atoms with Crippen molar-refractivity contribution in [3.05, 3.63) is 57.7 Å². The summed E-state index contributed by atoms with van der Waals surface area (Å²) >= 11 is 9.19. The van der Waals surface area contributed by atoms with Crippen molar-refractivity contribution in [1.29, 1.82) is 0 Å². The van der Waals surface area contributed by atoms with Crippen molar-refractivity contribution in [2.75, 3.05) is 13.1 Å². The minimum absolute atomic E-state index is 0.0700. The van der Waals surface area contributed by atoms with Gasteiger partial charge >= 0.3 is 0 Å². The molecule has 1 saturated heterocycles. The van der Waals surface area contributed by atoms with Gasteiger partial charge in [0.05, 0.1) is 5.02 Å². The molecule has 0 saturated carbocycles. The SMILES string of the molecule is O=C(c1ccc(Br)cc1)N1CCC(Oc2ccc(Cl)cn2)CC1. The Morgan fingerprint density at radius 1 is 1.17 bits per heavy atom. The third kappa shape index (κ3) is 4.24. The Morgan fingerprint density at radius 3 is 2.48 bits per heavy atom. The van der Waals surface area contributed by atoms with Gasteiger partial charge in [0.25, 0.3) is 5.91 Å². The standard InChI is InChI=1S/C17H16BrClN2O2/c18-13-3-1-12(2-4-13)17(22)21-9-7-15(8-10-21)23-16-6-5-14(19)11-20-16/h1-6,11,15H,7-10H2. The Kier molecular flexibility index (Phi) is 5.18. The summed E-state index contributed by atoms with van der Waals surface area (Å²) in [5.41, 5.74) is 0.715. The molecule has 0 N–H and O–H groups in total. The minimum Gasteiger partial charge on any atom is -0.474 e. The lowest BCUT2D eigenvalue weighted by Crippen LogP contribution is -2.41. The third-order valence-electron chi connectivity index (χ3n) is 3.81. The van der Waals surface area contributed by atoms with Gasteiger partial charge in [-0.2, -0.15) is 0 Å². The van der Waals surface area contributed by atoms with E-state index in [0.717, 1.165) is 17.3 Å². The number of nitrogens with zero attached hydrogens (tertiary/aromatic N) is 2. The molecule has 1 amide bonds. The molecule has 120 valence electrons. The molecule has 3 rings (SSSR count). The van der Waals surface area contributed by atoms with Crippen LogP contribution in [0.5, 0.6) is 5.88 Å². The Morgan fingerprint density at radius 2 is 1.87 bits per heavy atom. The number of carbonyl (C=O) groups is 1. The van der Waals surface area contributed by atoms with E-state index in [-0.39, 0.29) is 12.0 Å². The van der Waals surface area contributed by atoms with Crippen molar-refractivity contribution in [3.8, 4) is 5.88 Å². The number of pyridine rings is 1. The number of piperidine rings is 1. The second-order valence-corrected chi connectivity index (χ2v) is 6.78. The fraction of sp³-hybridized carbons (Fsp3) is 0.294. The molecule has 1 fully saturated rings. The maximum Gasteiger partial charge on any atom is 0.253 e. The van der Waals surface area contributed by atoms with Gasteiger partial charge in [-0.1, -0.05) is 27.5 Å². The van der Waals surface area contributed by atoms with Crippen LogP contribution < -0.4 is 4.74 Å². The van der Waals surface area contributed by atoms with Crippen molar-refractivity contribution in [2.24, 2.45) is 0 Å². The first-order valence-corrected chi connectivity index (χ1v) is 8.62. The number of ether oxygens (including phenoxy) is 1. The average Bonchev–Trinajstić information content (AvgIpc) is 2.58. The van der Waals surface area contributed by atoms with Crippen LogP contribution in [0.3, 0.4) is 0 Å². The lowest BCUT2D eigenvalue weighted by molar-refractivity contribution is 0.0588. The van der Waals surface area contributed by atoms with Gasteiger partial charge in [0, 0.05) is 48.2 Å². The molecule has 0 unspecified atom stereocenters. The molecule has 6 heteroatoms. The number of carbonyl (C=O) groups excluding carboxylic acids is 1.